The second kappa shape index (κ2) is 15.0. The minimum atomic E-state index is 1.09. The Morgan fingerprint density at radius 2 is 0.649 bits per heavy atom. The highest BCUT2D eigenvalue weighted by atomic mass is 15.1. The quantitative estimate of drug-likeness (QED) is 0.141. The van der Waals surface area contributed by atoms with Crippen molar-refractivity contribution in [3.63, 3.8) is 0 Å². The van der Waals surface area contributed by atoms with Gasteiger partial charge in [-0.2, -0.15) is 0 Å². The summed E-state index contributed by atoms with van der Waals surface area (Å²) in [5.41, 5.74) is 15.2. The summed E-state index contributed by atoms with van der Waals surface area (Å²) in [6, 6.07) is 85.6. The van der Waals surface area contributed by atoms with Gasteiger partial charge in [0.2, 0.25) is 0 Å². The maximum absolute atomic E-state index is 2.41. The summed E-state index contributed by atoms with van der Waals surface area (Å²) in [6.45, 7) is 0. The van der Waals surface area contributed by atoms with Crippen LogP contribution in [-0.4, -0.2) is 0 Å². The van der Waals surface area contributed by atoms with Gasteiger partial charge in [0, 0.05) is 16.9 Å². The van der Waals surface area contributed by atoms with Gasteiger partial charge in [0.05, 0.1) is 5.69 Å². The van der Waals surface area contributed by atoms with Crippen molar-refractivity contribution in [1.29, 1.82) is 0 Å². The molecule has 0 N–H and O–H groups in total. The first-order valence-corrected chi connectivity index (χ1v) is 19.6. The average Bonchev–Trinajstić information content (AvgIpc) is 3.30. The van der Waals surface area contributed by atoms with E-state index in [0.717, 1.165) is 28.2 Å². The van der Waals surface area contributed by atoms with Crippen LogP contribution in [0.3, 0.4) is 0 Å². The highest BCUT2D eigenvalue weighted by Crippen LogP contribution is 2.45. The third-order valence-electron chi connectivity index (χ3n) is 11.1. The molecule has 0 spiro atoms. The molecule has 0 unspecified atom stereocenters. The summed E-state index contributed by atoms with van der Waals surface area (Å²) in [5.74, 6) is 0. The predicted molar refractivity (Wildman–Crippen MR) is 243 cm³/mol. The molecule has 0 fully saturated rings. The molecule has 0 aliphatic heterocycles. The first-order chi connectivity index (χ1) is 28.3. The summed E-state index contributed by atoms with van der Waals surface area (Å²) in [5, 5.41) is 5.06. The minimum absolute atomic E-state index is 1.09. The van der Waals surface area contributed by atoms with Crippen molar-refractivity contribution in [2.75, 3.05) is 4.90 Å². The molecule has 0 aliphatic rings. The van der Waals surface area contributed by atoms with Crippen LogP contribution in [-0.2, 0) is 0 Å². The molecule has 10 aromatic carbocycles. The van der Waals surface area contributed by atoms with E-state index >= 15 is 0 Å². The highest BCUT2D eigenvalue weighted by molar-refractivity contribution is 6.13. The first-order valence-electron chi connectivity index (χ1n) is 19.6. The van der Waals surface area contributed by atoms with Crippen LogP contribution >= 0.6 is 0 Å². The number of rotatable bonds is 8. The van der Waals surface area contributed by atoms with Crippen LogP contribution < -0.4 is 4.90 Å². The molecule has 0 saturated heterocycles. The Balaban J connectivity index is 1.14. The topological polar surface area (TPSA) is 3.24 Å². The van der Waals surface area contributed by atoms with Gasteiger partial charge in [-0.25, -0.2) is 0 Å². The zero-order valence-corrected chi connectivity index (χ0v) is 31.5. The van der Waals surface area contributed by atoms with E-state index in [4.69, 9.17) is 0 Å². The fraction of sp³-hybridized carbons (Fsp3) is 0. The molecule has 0 bridgehead atoms. The maximum atomic E-state index is 2.41. The van der Waals surface area contributed by atoms with E-state index in [9.17, 15) is 0 Å². The van der Waals surface area contributed by atoms with Gasteiger partial charge < -0.3 is 4.90 Å². The van der Waals surface area contributed by atoms with E-state index in [1.165, 1.54) is 66.1 Å². The van der Waals surface area contributed by atoms with E-state index < -0.39 is 0 Å². The van der Waals surface area contributed by atoms with Crippen molar-refractivity contribution in [3.8, 4) is 55.6 Å². The Kier molecular flexibility index (Phi) is 8.95. The molecular weight excluding hydrogens is 687 g/mol. The third kappa shape index (κ3) is 6.56. The van der Waals surface area contributed by atoms with Crippen LogP contribution in [0.4, 0.5) is 17.1 Å². The first kappa shape index (κ1) is 34.0. The van der Waals surface area contributed by atoms with Crippen LogP contribution in [0.2, 0.25) is 0 Å². The van der Waals surface area contributed by atoms with Crippen molar-refractivity contribution in [3.05, 3.63) is 237 Å². The van der Waals surface area contributed by atoms with E-state index in [1.54, 1.807) is 0 Å². The number of hydrogen-bond acceptors (Lipinski definition) is 1. The van der Waals surface area contributed by atoms with Crippen LogP contribution in [0.5, 0.6) is 0 Å². The monoisotopic (exact) mass is 725 g/mol. The fourth-order valence-corrected chi connectivity index (χ4v) is 8.30. The lowest BCUT2D eigenvalue weighted by Gasteiger charge is -2.29. The lowest BCUT2D eigenvalue weighted by atomic mass is 9.91. The number of hydrogen-bond donors (Lipinski definition) is 0. The Morgan fingerprint density at radius 3 is 1.28 bits per heavy atom. The van der Waals surface area contributed by atoms with Crippen molar-refractivity contribution in [1.82, 2.24) is 0 Å². The Hall–Kier alpha value is -7.48. The standard InChI is InChI=1S/C56H39N/c1-4-16-40(17-5-1)41-28-33-47(34-29-41)57(48-35-30-44(31-36-48)54-38-45-22-10-11-25-51(45)52-26-14-15-27-53(52)54)56-37-32-46(39-55(56)43-20-8-3-9-21-43)50-24-13-12-23-49(50)42-18-6-2-7-19-42/h1-39H. The van der Waals surface area contributed by atoms with Gasteiger partial charge in [-0.1, -0.05) is 194 Å². The third-order valence-corrected chi connectivity index (χ3v) is 11.1. The van der Waals surface area contributed by atoms with Crippen molar-refractivity contribution < 1.29 is 0 Å². The van der Waals surface area contributed by atoms with Gasteiger partial charge >= 0.3 is 0 Å². The number of benzene rings is 10. The molecular formula is C56H39N. The van der Waals surface area contributed by atoms with Gasteiger partial charge in [-0.15, -0.1) is 0 Å². The smallest absolute Gasteiger partial charge is 0.0540 e. The zero-order chi connectivity index (χ0) is 38.0. The molecule has 268 valence electrons. The lowest BCUT2D eigenvalue weighted by Crippen LogP contribution is -2.11. The Morgan fingerprint density at radius 1 is 0.228 bits per heavy atom. The molecule has 0 aliphatic carbocycles. The van der Waals surface area contributed by atoms with Crippen LogP contribution in [0.1, 0.15) is 0 Å². The van der Waals surface area contributed by atoms with Gasteiger partial charge in [-0.3, -0.25) is 0 Å². The highest BCUT2D eigenvalue weighted by Gasteiger charge is 2.20. The molecule has 10 aromatic rings. The molecule has 10 rings (SSSR count). The van der Waals surface area contributed by atoms with Gasteiger partial charge in [-0.05, 0) is 114 Å². The molecule has 57 heavy (non-hydrogen) atoms. The van der Waals surface area contributed by atoms with Crippen molar-refractivity contribution in [2.45, 2.75) is 0 Å². The summed E-state index contributed by atoms with van der Waals surface area (Å²) in [4.78, 5) is 2.41. The predicted octanol–water partition coefficient (Wildman–Crippen LogP) is 15.8. The number of fused-ring (bicyclic) bond motifs is 3. The largest absolute Gasteiger partial charge is 0.310 e. The molecule has 0 saturated carbocycles. The Bertz CT molecular complexity index is 2970. The summed E-state index contributed by atoms with van der Waals surface area (Å²) in [6.07, 6.45) is 0. The summed E-state index contributed by atoms with van der Waals surface area (Å²) >= 11 is 0. The van der Waals surface area contributed by atoms with E-state index in [-0.39, 0.29) is 0 Å². The van der Waals surface area contributed by atoms with Crippen LogP contribution in [0, 0.1) is 0 Å². The van der Waals surface area contributed by atoms with Crippen LogP contribution in [0.25, 0.3) is 77.2 Å². The second-order valence-electron chi connectivity index (χ2n) is 14.5. The van der Waals surface area contributed by atoms with E-state index in [1.807, 2.05) is 0 Å². The lowest BCUT2D eigenvalue weighted by molar-refractivity contribution is 1.28. The van der Waals surface area contributed by atoms with Crippen molar-refractivity contribution in [2.24, 2.45) is 0 Å². The molecule has 0 atom stereocenters. The van der Waals surface area contributed by atoms with Gasteiger partial charge in [0.25, 0.3) is 0 Å². The molecule has 1 nitrogen and oxygen atoms in total. The summed E-state index contributed by atoms with van der Waals surface area (Å²) in [7, 11) is 0. The zero-order valence-electron chi connectivity index (χ0n) is 31.5. The number of nitrogens with zero attached hydrogens (tertiary/aromatic N) is 1. The molecule has 1 heteroatoms. The average molecular weight is 726 g/mol. The number of anilines is 3. The molecule has 0 amide bonds. The maximum Gasteiger partial charge on any atom is 0.0540 e. The second-order valence-corrected chi connectivity index (χ2v) is 14.5. The molecule has 0 heterocycles. The van der Waals surface area contributed by atoms with E-state index in [2.05, 4.69) is 241 Å². The molecule has 0 aromatic heterocycles. The summed E-state index contributed by atoms with van der Waals surface area (Å²) < 4.78 is 0. The van der Waals surface area contributed by atoms with Gasteiger partial charge in [0.15, 0.2) is 0 Å². The Labute approximate surface area is 334 Å². The van der Waals surface area contributed by atoms with E-state index in [0.29, 0.717) is 0 Å². The molecule has 0 radical (unpaired) electrons. The SMILES string of the molecule is c1ccc(-c2ccc(N(c3ccc(-c4cc5ccccc5c5ccccc45)cc3)c3ccc(-c4ccccc4-c4ccccc4)cc3-c3ccccc3)cc2)cc1. The van der Waals surface area contributed by atoms with Crippen LogP contribution in [0.15, 0.2) is 237 Å². The fourth-order valence-electron chi connectivity index (χ4n) is 8.30. The van der Waals surface area contributed by atoms with Gasteiger partial charge in [0.1, 0.15) is 0 Å². The normalized spacial score (nSPS) is 11.2. The van der Waals surface area contributed by atoms with Crippen molar-refractivity contribution >= 4 is 38.6 Å². The minimum Gasteiger partial charge on any atom is -0.310 e.